The number of hydrogen-bond donors (Lipinski definition) is 0. The Labute approximate surface area is 202 Å². The third-order valence-corrected chi connectivity index (χ3v) is 5.95. The summed E-state index contributed by atoms with van der Waals surface area (Å²) in [7, 11) is 0. The van der Waals surface area contributed by atoms with E-state index >= 15 is 0 Å². The SMILES string of the molecule is CSCc1cc(N(/N=C/c2ccccc2)C(C)=O)cc(Cl)c1C(C#N)c1ccc(Cl)cc1. The fourth-order valence-electron chi connectivity index (χ4n) is 3.33. The molecule has 0 aliphatic carbocycles. The van der Waals surface area contributed by atoms with E-state index in [1.54, 1.807) is 36.2 Å². The van der Waals surface area contributed by atoms with Gasteiger partial charge in [0.05, 0.1) is 23.9 Å². The zero-order chi connectivity index (χ0) is 23.1. The van der Waals surface area contributed by atoms with Gasteiger partial charge in [0.1, 0.15) is 0 Å². The van der Waals surface area contributed by atoms with Crippen molar-refractivity contribution in [3.05, 3.63) is 99.0 Å². The van der Waals surface area contributed by atoms with Crippen LogP contribution < -0.4 is 5.01 Å². The highest BCUT2D eigenvalue weighted by Crippen LogP contribution is 2.38. The van der Waals surface area contributed by atoms with E-state index in [4.69, 9.17) is 23.2 Å². The Hall–Kier alpha value is -2.78. The van der Waals surface area contributed by atoms with Gasteiger partial charge >= 0.3 is 0 Å². The molecule has 0 aliphatic heterocycles. The van der Waals surface area contributed by atoms with Crippen LogP contribution in [0.4, 0.5) is 5.69 Å². The molecular weight excluding hydrogens is 461 g/mol. The normalized spacial score (nSPS) is 11.8. The molecule has 162 valence electrons. The van der Waals surface area contributed by atoms with Gasteiger partial charge in [-0.05, 0) is 52.8 Å². The molecule has 0 heterocycles. The largest absolute Gasteiger partial charge is 0.273 e. The van der Waals surface area contributed by atoms with E-state index in [9.17, 15) is 10.1 Å². The van der Waals surface area contributed by atoms with Gasteiger partial charge in [0.2, 0.25) is 5.91 Å². The first-order valence-corrected chi connectivity index (χ1v) is 12.0. The molecule has 3 aromatic rings. The maximum absolute atomic E-state index is 12.4. The minimum atomic E-state index is -0.561. The van der Waals surface area contributed by atoms with Crippen LogP contribution in [0.15, 0.2) is 71.8 Å². The van der Waals surface area contributed by atoms with Crippen molar-refractivity contribution in [3.8, 4) is 6.07 Å². The molecule has 0 bridgehead atoms. The highest BCUT2D eigenvalue weighted by Gasteiger charge is 2.23. The van der Waals surface area contributed by atoms with Crippen molar-refractivity contribution in [1.29, 1.82) is 5.26 Å². The number of rotatable bonds is 7. The number of nitrogens with zero attached hydrogens (tertiary/aromatic N) is 3. The molecule has 1 atom stereocenters. The lowest BCUT2D eigenvalue weighted by Gasteiger charge is -2.21. The Morgan fingerprint density at radius 1 is 1.16 bits per heavy atom. The Kier molecular flexibility index (Phi) is 8.35. The molecule has 0 saturated carbocycles. The standard InChI is InChI=1S/C25H21Cl2N3OS/c1-17(31)30(29-15-18-6-4-3-5-7-18)22-12-20(16-32-2)25(24(27)13-22)23(14-28)19-8-10-21(26)11-9-19/h3-13,15,23H,16H2,1-2H3/b29-15+. The van der Waals surface area contributed by atoms with Crippen molar-refractivity contribution < 1.29 is 4.79 Å². The molecule has 7 heteroatoms. The summed E-state index contributed by atoms with van der Waals surface area (Å²) in [5.74, 6) is -0.178. The smallest absolute Gasteiger partial charge is 0.244 e. The van der Waals surface area contributed by atoms with E-state index in [-0.39, 0.29) is 5.91 Å². The summed E-state index contributed by atoms with van der Waals surface area (Å²) in [4.78, 5) is 12.4. The van der Waals surface area contributed by atoms with Crippen molar-refractivity contribution in [2.75, 3.05) is 11.3 Å². The molecule has 0 aliphatic rings. The van der Waals surface area contributed by atoms with Gasteiger partial charge in [-0.25, -0.2) is 5.01 Å². The van der Waals surface area contributed by atoms with E-state index in [1.807, 2.05) is 54.8 Å². The number of carbonyl (C=O) groups excluding carboxylic acids is 1. The van der Waals surface area contributed by atoms with Gasteiger partial charge in [-0.3, -0.25) is 4.79 Å². The average molecular weight is 482 g/mol. The molecule has 3 aromatic carbocycles. The average Bonchev–Trinajstić information content (AvgIpc) is 2.78. The lowest BCUT2D eigenvalue weighted by atomic mass is 9.89. The Bertz CT molecular complexity index is 1160. The summed E-state index contributed by atoms with van der Waals surface area (Å²) in [6, 6.07) is 22.6. The van der Waals surface area contributed by atoms with Crippen LogP contribution in [0.3, 0.4) is 0 Å². The van der Waals surface area contributed by atoms with E-state index in [0.29, 0.717) is 21.5 Å². The first-order chi connectivity index (χ1) is 15.4. The van der Waals surface area contributed by atoms with Crippen LogP contribution in [0.25, 0.3) is 0 Å². The molecule has 0 aromatic heterocycles. The molecule has 0 N–H and O–H groups in total. The number of benzene rings is 3. The first kappa shape index (κ1) is 23.9. The van der Waals surface area contributed by atoms with Gasteiger partial charge in [0.15, 0.2) is 0 Å². The molecule has 0 radical (unpaired) electrons. The molecule has 3 rings (SSSR count). The van der Waals surface area contributed by atoms with Crippen LogP contribution in [-0.2, 0) is 10.5 Å². The number of hydrazone groups is 1. The van der Waals surface area contributed by atoms with Gasteiger partial charge in [0, 0.05) is 22.7 Å². The van der Waals surface area contributed by atoms with Crippen molar-refractivity contribution in [2.45, 2.75) is 18.6 Å². The minimum absolute atomic E-state index is 0.245. The number of anilines is 1. The molecule has 1 amide bonds. The number of carbonyl (C=O) groups is 1. The molecule has 0 spiro atoms. The summed E-state index contributed by atoms with van der Waals surface area (Å²) >= 11 is 14.3. The number of nitriles is 1. The summed E-state index contributed by atoms with van der Waals surface area (Å²) in [6.45, 7) is 1.45. The van der Waals surface area contributed by atoms with Gasteiger partial charge < -0.3 is 0 Å². The quantitative estimate of drug-likeness (QED) is 0.272. The molecule has 1 unspecified atom stereocenters. The van der Waals surface area contributed by atoms with Crippen molar-refractivity contribution in [1.82, 2.24) is 0 Å². The first-order valence-electron chi connectivity index (χ1n) is 9.80. The number of hydrogen-bond acceptors (Lipinski definition) is 4. The molecule has 4 nitrogen and oxygen atoms in total. The van der Waals surface area contributed by atoms with Gasteiger partial charge in [-0.1, -0.05) is 65.7 Å². The fourth-order valence-corrected chi connectivity index (χ4v) is 4.35. The number of amides is 1. The second kappa shape index (κ2) is 11.2. The Balaban J connectivity index is 2.07. The second-order valence-corrected chi connectivity index (χ2v) is 8.74. The number of thioether (sulfide) groups is 1. The molecular formula is C25H21Cl2N3OS. The lowest BCUT2D eigenvalue weighted by Crippen LogP contribution is -2.23. The predicted octanol–water partition coefficient (Wildman–Crippen LogP) is 6.90. The monoisotopic (exact) mass is 481 g/mol. The Morgan fingerprint density at radius 2 is 1.84 bits per heavy atom. The third kappa shape index (κ3) is 5.72. The van der Waals surface area contributed by atoms with E-state index in [1.165, 1.54) is 11.9 Å². The molecule has 32 heavy (non-hydrogen) atoms. The topological polar surface area (TPSA) is 56.5 Å². The third-order valence-electron chi connectivity index (χ3n) is 4.79. The van der Waals surface area contributed by atoms with Crippen LogP contribution in [0.1, 0.15) is 35.1 Å². The fraction of sp³-hybridized carbons (Fsp3) is 0.160. The van der Waals surface area contributed by atoms with Gasteiger partial charge in [0.25, 0.3) is 0 Å². The zero-order valence-electron chi connectivity index (χ0n) is 17.6. The van der Waals surface area contributed by atoms with Crippen LogP contribution in [0, 0.1) is 11.3 Å². The van der Waals surface area contributed by atoms with E-state index < -0.39 is 5.92 Å². The Morgan fingerprint density at radius 3 is 2.44 bits per heavy atom. The number of halogens is 2. The minimum Gasteiger partial charge on any atom is -0.273 e. The summed E-state index contributed by atoms with van der Waals surface area (Å²) in [6.07, 6.45) is 3.60. The van der Waals surface area contributed by atoms with Crippen molar-refractivity contribution in [3.63, 3.8) is 0 Å². The van der Waals surface area contributed by atoms with Crippen LogP contribution in [0.2, 0.25) is 10.0 Å². The van der Waals surface area contributed by atoms with Crippen LogP contribution in [0.5, 0.6) is 0 Å². The molecule has 0 saturated heterocycles. The summed E-state index contributed by atoms with van der Waals surface area (Å²) in [5.41, 5.74) is 3.83. The van der Waals surface area contributed by atoms with Crippen molar-refractivity contribution >= 4 is 52.8 Å². The van der Waals surface area contributed by atoms with Crippen LogP contribution in [-0.4, -0.2) is 18.4 Å². The lowest BCUT2D eigenvalue weighted by molar-refractivity contribution is -0.116. The van der Waals surface area contributed by atoms with Gasteiger partial charge in [-0.15, -0.1) is 0 Å². The maximum atomic E-state index is 12.4. The predicted molar refractivity (Wildman–Crippen MR) is 135 cm³/mol. The van der Waals surface area contributed by atoms with E-state index in [0.717, 1.165) is 22.3 Å². The molecule has 0 fully saturated rings. The maximum Gasteiger partial charge on any atom is 0.244 e. The summed E-state index contributed by atoms with van der Waals surface area (Å²) in [5, 5.41) is 16.7. The highest BCUT2D eigenvalue weighted by atomic mass is 35.5. The highest BCUT2D eigenvalue weighted by molar-refractivity contribution is 7.97. The second-order valence-electron chi connectivity index (χ2n) is 7.03. The zero-order valence-corrected chi connectivity index (χ0v) is 20.0. The van der Waals surface area contributed by atoms with E-state index in [2.05, 4.69) is 11.2 Å². The van der Waals surface area contributed by atoms with Crippen LogP contribution >= 0.6 is 35.0 Å². The summed E-state index contributed by atoms with van der Waals surface area (Å²) < 4.78 is 0. The van der Waals surface area contributed by atoms with Crippen molar-refractivity contribution in [2.24, 2.45) is 5.10 Å². The van der Waals surface area contributed by atoms with Gasteiger partial charge in [-0.2, -0.15) is 22.1 Å².